The van der Waals surface area contributed by atoms with Gasteiger partial charge in [-0.3, -0.25) is 18.9 Å². The molecule has 9 heteroatoms. The van der Waals surface area contributed by atoms with Crippen LogP contribution in [0.3, 0.4) is 0 Å². The zero-order valence-corrected chi connectivity index (χ0v) is 16.8. The van der Waals surface area contributed by atoms with E-state index < -0.39 is 0 Å². The summed E-state index contributed by atoms with van der Waals surface area (Å²) in [5.41, 5.74) is 1.79. The third-order valence-corrected chi connectivity index (χ3v) is 6.31. The highest BCUT2D eigenvalue weighted by atomic mass is 32.1. The second-order valence-electron chi connectivity index (χ2n) is 7.23. The summed E-state index contributed by atoms with van der Waals surface area (Å²) in [4.78, 5) is 34.6. The maximum absolute atomic E-state index is 12.9. The molecule has 2 aliphatic rings. The van der Waals surface area contributed by atoms with Crippen LogP contribution < -0.4 is 15.0 Å². The lowest BCUT2D eigenvalue weighted by Crippen LogP contribution is -2.49. The first kappa shape index (κ1) is 18.1. The number of hydrogen-bond donors (Lipinski definition) is 0. The number of ether oxygens (including phenoxy) is 2. The molecule has 2 aliphatic heterocycles. The zero-order chi connectivity index (χ0) is 20.0. The minimum atomic E-state index is -0.290. The minimum Gasteiger partial charge on any atom is -0.454 e. The molecule has 0 bridgehead atoms. The van der Waals surface area contributed by atoms with Crippen molar-refractivity contribution in [3.8, 4) is 11.5 Å². The summed E-state index contributed by atoms with van der Waals surface area (Å²) in [7, 11) is 0. The predicted molar refractivity (Wildman–Crippen MR) is 108 cm³/mol. The molecule has 0 atom stereocenters. The third-order valence-electron chi connectivity index (χ3n) is 5.35. The van der Waals surface area contributed by atoms with Gasteiger partial charge in [-0.2, -0.15) is 0 Å². The number of piperazine rings is 1. The molecule has 1 amide bonds. The smallest absolute Gasteiger partial charge is 0.271 e. The lowest BCUT2D eigenvalue weighted by Gasteiger charge is -2.34. The molecule has 1 aromatic carbocycles. The predicted octanol–water partition coefficient (Wildman–Crippen LogP) is 1.75. The van der Waals surface area contributed by atoms with Gasteiger partial charge in [-0.05, 0) is 24.6 Å². The summed E-state index contributed by atoms with van der Waals surface area (Å²) in [5.74, 6) is 1.32. The SMILES string of the molecule is Cc1csc2ncc(C(=O)N3CCN(Cc4ccc5c(c4)OCO5)CC3)c(=O)n12. The van der Waals surface area contributed by atoms with E-state index in [2.05, 4.69) is 9.88 Å². The Morgan fingerprint density at radius 3 is 2.79 bits per heavy atom. The fourth-order valence-electron chi connectivity index (χ4n) is 3.75. The van der Waals surface area contributed by atoms with E-state index in [1.165, 1.54) is 21.9 Å². The van der Waals surface area contributed by atoms with Gasteiger partial charge < -0.3 is 14.4 Å². The summed E-state index contributed by atoms with van der Waals surface area (Å²) in [6.45, 7) is 5.54. The van der Waals surface area contributed by atoms with Gasteiger partial charge in [0, 0.05) is 50.0 Å². The first-order valence-corrected chi connectivity index (χ1v) is 10.3. The van der Waals surface area contributed by atoms with E-state index in [0.29, 0.717) is 18.1 Å². The van der Waals surface area contributed by atoms with Crippen molar-refractivity contribution in [1.29, 1.82) is 0 Å². The number of nitrogens with zero attached hydrogens (tertiary/aromatic N) is 4. The Bertz CT molecular complexity index is 1150. The third kappa shape index (κ3) is 3.26. The van der Waals surface area contributed by atoms with Gasteiger partial charge in [-0.1, -0.05) is 6.07 Å². The van der Waals surface area contributed by atoms with Crippen LogP contribution in [0.4, 0.5) is 0 Å². The number of aryl methyl sites for hydroxylation is 1. The van der Waals surface area contributed by atoms with Gasteiger partial charge in [0.1, 0.15) is 5.56 Å². The number of rotatable bonds is 3. The highest BCUT2D eigenvalue weighted by Crippen LogP contribution is 2.32. The molecule has 0 unspecified atom stereocenters. The van der Waals surface area contributed by atoms with Gasteiger partial charge in [0.15, 0.2) is 16.5 Å². The van der Waals surface area contributed by atoms with Gasteiger partial charge >= 0.3 is 0 Å². The minimum absolute atomic E-state index is 0.133. The molecular weight excluding hydrogens is 392 g/mol. The normalized spacial score (nSPS) is 16.5. The molecule has 0 N–H and O–H groups in total. The van der Waals surface area contributed by atoms with Crippen LogP contribution >= 0.6 is 11.3 Å². The van der Waals surface area contributed by atoms with Crippen molar-refractivity contribution in [1.82, 2.24) is 19.2 Å². The highest BCUT2D eigenvalue weighted by Gasteiger charge is 2.25. The van der Waals surface area contributed by atoms with Gasteiger partial charge in [0.05, 0.1) is 0 Å². The largest absolute Gasteiger partial charge is 0.454 e. The lowest BCUT2D eigenvalue weighted by atomic mass is 10.1. The van der Waals surface area contributed by atoms with E-state index in [4.69, 9.17) is 9.47 Å². The molecule has 2 aromatic heterocycles. The molecular formula is C20H20N4O4S. The van der Waals surface area contributed by atoms with E-state index in [1.54, 1.807) is 4.90 Å². The van der Waals surface area contributed by atoms with Crippen LogP contribution in [0.2, 0.25) is 0 Å². The number of thiazole rings is 1. The molecule has 4 heterocycles. The van der Waals surface area contributed by atoms with Crippen LogP contribution in [0.15, 0.2) is 34.6 Å². The van der Waals surface area contributed by atoms with Crippen molar-refractivity contribution >= 4 is 22.2 Å². The van der Waals surface area contributed by atoms with E-state index >= 15 is 0 Å². The molecule has 29 heavy (non-hydrogen) atoms. The molecule has 0 aliphatic carbocycles. The second-order valence-corrected chi connectivity index (χ2v) is 8.06. The number of amides is 1. The average Bonchev–Trinajstić information content (AvgIpc) is 3.35. The van der Waals surface area contributed by atoms with Gasteiger partial charge in [-0.15, -0.1) is 11.3 Å². The summed E-state index contributed by atoms with van der Waals surface area (Å²) < 4.78 is 12.3. The van der Waals surface area contributed by atoms with Crippen LogP contribution in [-0.4, -0.2) is 58.1 Å². The van der Waals surface area contributed by atoms with E-state index in [1.807, 2.05) is 30.5 Å². The Labute approximate surface area is 170 Å². The first-order valence-electron chi connectivity index (χ1n) is 9.46. The molecule has 1 saturated heterocycles. The highest BCUT2D eigenvalue weighted by molar-refractivity contribution is 7.15. The van der Waals surface area contributed by atoms with Gasteiger partial charge in [0.25, 0.3) is 11.5 Å². The van der Waals surface area contributed by atoms with Crippen LogP contribution in [0.1, 0.15) is 21.6 Å². The monoisotopic (exact) mass is 412 g/mol. The van der Waals surface area contributed by atoms with Crippen molar-refractivity contribution in [2.75, 3.05) is 33.0 Å². The topological polar surface area (TPSA) is 76.4 Å². The van der Waals surface area contributed by atoms with Crippen molar-refractivity contribution in [3.63, 3.8) is 0 Å². The lowest BCUT2D eigenvalue weighted by molar-refractivity contribution is 0.0626. The van der Waals surface area contributed by atoms with E-state index in [9.17, 15) is 9.59 Å². The van der Waals surface area contributed by atoms with Crippen LogP contribution in [0, 0.1) is 6.92 Å². The van der Waals surface area contributed by atoms with Crippen LogP contribution in [-0.2, 0) is 6.54 Å². The van der Waals surface area contributed by atoms with Crippen molar-refractivity contribution in [3.05, 3.63) is 57.0 Å². The van der Waals surface area contributed by atoms with Crippen molar-refractivity contribution in [2.45, 2.75) is 13.5 Å². The Kier molecular flexibility index (Phi) is 4.48. The Morgan fingerprint density at radius 1 is 1.17 bits per heavy atom. The molecule has 1 fully saturated rings. The molecule has 3 aromatic rings. The first-order chi connectivity index (χ1) is 14.1. The van der Waals surface area contributed by atoms with E-state index in [0.717, 1.165) is 42.4 Å². The molecule has 5 rings (SSSR count). The molecule has 150 valence electrons. The zero-order valence-electron chi connectivity index (χ0n) is 16.0. The standard InChI is InChI=1S/C20H20N4O4S/c1-13-11-29-20-21-9-15(19(26)24(13)20)18(25)23-6-4-22(5-7-23)10-14-2-3-16-17(8-14)28-12-27-16/h2-3,8-9,11H,4-7,10,12H2,1H3. The molecule has 0 radical (unpaired) electrons. The van der Waals surface area contributed by atoms with Crippen LogP contribution in [0.5, 0.6) is 11.5 Å². The Hall–Kier alpha value is -2.91. The maximum atomic E-state index is 12.9. The Morgan fingerprint density at radius 2 is 1.97 bits per heavy atom. The van der Waals surface area contributed by atoms with Crippen molar-refractivity contribution < 1.29 is 14.3 Å². The number of hydrogen-bond acceptors (Lipinski definition) is 7. The quantitative estimate of drug-likeness (QED) is 0.652. The molecule has 0 saturated carbocycles. The Balaban J connectivity index is 1.26. The number of aromatic nitrogens is 2. The number of carbonyl (C=O) groups is 1. The maximum Gasteiger partial charge on any atom is 0.271 e. The van der Waals surface area contributed by atoms with Gasteiger partial charge in [-0.25, -0.2) is 4.98 Å². The van der Waals surface area contributed by atoms with Crippen LogP contribution in [0.25, 0.3) is 4.96 Å². The fraction of sp³-hybridized carbons (Fsp3) is 0.350. The summed E-state index contributed by atoms with van der Waals surface area (Å²) in [6.07, 6.45) is 1.41. The summed E-state index contributed by atoms with van der Waals surface area (Å²) >= 11 is 1.40. The average molecular weight is 412 g/mol. The van der Waals surface area contributed by atoms with Crippen molar-refractivity contribution in [2.24, 2.45) is 0 Å². The number of carbonyl (C=O) groups excluding carboxylic acids is 1. The molecule has 0 spiro atoms. The number of benzene rings is 1. The fourth-order valence-corrected chi connectivity index (χ4v) is 4.58. The van der Waals surface area contributed by atoms with E-state index in [-0.39, 0.29) is 23.8 Å². The molecule has 8 nitrogen and oxygen atoms in total. The number of fused-ring (bicyclic) bond motifs is 2. The second kappa shape index (κ2) is 7.16. The summed E-state index contributed by atoms with van der Waals surface area (Å²) in [5, 5.41) is 1.87. The van der Waals surface area contributed by atoms with Gasteiger partial charge in [0.2, 0.25) is 6.79 Å². The summed E-state index contributed by atoms with van der Waals surface area (Å²) in [6, 6.07) is 5.97.